The van der Waals surface area contributed by atoms with Crippen molar-refractivity contribution in [1.82, 2.24) is 20.3 Å². The first-order valence-corrected chi connectivity index (χ1v) is 9.57. The summed E-state index contributed by atoms with van der Waals surface area (Å²) < 4.78 is 0. The molecule has 2 aliphatic rings. The van der Waals surface area contributed by atoms with Crippen molar-refractivity contribution in [2.24, 2.45) is 5.92 Å². The van der Waals surface area contributed by atoms with E-state index in [1.165, 1.54) is 0 Å². The lowest BCUT2D eigenvalue weighted by atomic mass is 9.88. The standard InChI is InChI=1S/C20H26N4O2/c25-19(16-8-9-17-18(12-16)22-23-21-17)24(13-15-6-2-1-3-7-15)14-20(26)10-4-5-11-20/h1-3,6-7,16,26H,4-5,8-14H2,(H,21,22,23). The Kier molecular flexibility index (Phi) is 4.76. The molecule has 138 valence electrons. The summed E-state index contributed by atoms with van der Waals surface area (Å²) in [6.45, 7) is 0.965. The molecule has 1 aromatic carbocycles. The molecular weight excluding hydrogens is 328 g/mol. The van der Waals surface area contributed by atoms with Crippen LogP contribution in [0.2, 0.25) is 0 Å². The lowest BCUT2D eigenvalue weighted by Crippen LogP contribution is -2.46. The van der Waals surface area contributed by atoms with Gasteiger partial charge in [0.1, 0.15) is 0 Å². The smallest absolute Gasteiger partial charge is 0.226 e. The maximum Gasteiger partial charge on any atom is 0.226 e. The van der Waals surface area contributed by atoms with Gasteiger partial charge in [-0.3, -0.25) is 4.79 Å². The molecule has 1 atom stereocenters. The fraction of sp³-hybridized carbons (Fsp3) is 0.550. The number of hydrogen-bond acceptors (Lipinski definition) is 4. The number of nitrogens with zero attached hydrogens (tertiary/aromatic N) is 3. The second-order valence-corrected chi connectivity index (χ2v) is 7.77. The van der Waals surface area contributed by atoms with E-state index < -0.39 is 5.60 Å². The van der Waals surface area contributed by atoms with Crippen LogP contribution in [0.15, 0.2) is 30.3 Å². The maximum atomic E-state index is 13.3. The number of H-pyrrole nitrogens is 1. The molecule has 0 saturated heterocycles. The second kappa shape index (κ2) is 7.19. The van der Waals surface area contributed by atoms with Crippen molar-refractivity contribution in [3.05, 3.63) is 47.3 Å². The molecular formula is C20H26N4O2. The number of amides is 1. The molecule has 0 aliphatic heterocycles. The highest BCUT2D eigenvalue weighted by atomic mass is 16.3. The topological polar surface area (TPSA) is 82.1 Å². The Balaban J connectivity index is 1.52. The molecule has 6 heteroatoms. The number of hydrogen-bond donors (Lipinski definition) is 2. The van der Waals surface area contributed by atoms with Gasteiger partial charge in [0.25, 0.3) is 0 Å². The number of aromatic nitrogens is 3. The molecule has 2 aromatic rings. The Labute approximate surface area is 153 Å². The zero-order valence-electron chi connectivity index (χ0n) is 15.0. The minimum atomic E-state index is -0.738. The average molecular weight is 354 g/mol. The Morgan fingerprint density at radius 2 is 1.92 bits per heavy atom. The number of benzene rings is 1. The normalized spacial score (nSPS) is 21.3. The summed E-state index contributed by atoms with van der Waals surface area (Å²) in [4.78, 5) is 15.2. The van der Waals surface area contributed by atoms with Crippen molar-refractivity contribution in [2.45, 2.75) is 57.1 Å². The van der Waals surface area contributed by atoms with Crippen LogP contribution >= 0.6 is 0 Å². The summed E-state index contributed by atoms with van der Waals surface area (Å²) >= 11 is 0. The average Bonchev–Trinajstić information content (AvgIpc) is 3.30. The molecule has 2 N–H and O–H groups in total. The zero-order valence-corrected chi connectivity index (χ0v) is 15.0. The van der Waals surface area contributed by atoms with Gasteiger partial charge < -0.3 is 10.0 Å². The number of aryl methyl sites for hydroxylation is 1. The van der Waals surface area contributed by atoms with Crippen molar-refractivity contribution in [1.29, 1.82) is 0 Å². The van der Waals surface area contributed by atoms with Crippen LogP contribution in [-0.2, 0) is 24.2 Å². The van der Waals surface area contributed by atoms with Crippen molar-refractivity contribution in [3.8, 4) is 0 Å². The number of aliphatic hydroxyl groups is 1. The third kappa shape index (κ3) is 3.65. The summed E-state index contributed by atoms with van der Waals surface area (Å²) in [6, 6.07) is 10.0. The van der Waals surface area contributed by atoms with Crippen LogP contribution in [0.25, 0.3) is 0 Å². The van der Waals surface area contributed by atoms with E-state index in [9.17, 15) is 9.90 Å². The molecule has 1 amide bonds. The number of fused-ring (bicyclic) bond motifs is 1. The first-order chi connectivity index (χ1) is 12.6. The first kappa shape index (κ1) is 17.2. The third-order valence-electron chi connectivity index (χ3n) is 5.77. The Bertz CT molecular complexity index is 752. The highest BCUT2D eigenvalue weighted by molar-refractivity contribution is 5.79. The third-order valence-corrected chi connectivity index (χ3v) is 5.77. The van der Waals surface area contributed by atoms with Crippen molar-refractivity contribution in [2.75, 3.05) is 6.54 Å². The number of aromatic amines is 1. The van der Waals surface area contributed by atoms with Crippen molar-refractivity contribution in [3.63, 3.8) is 0 Å². The monoisotopic (exact) mass is 354 g/mol. The Morgan fingerprint density at radius 1 is 1.19 bits per heavy atom. The van der Waals surface area contributed by atoms with Gasteiger partial charge in [0.05, 0.1) is 17.0 Å². The second-order valence-electron chi connectivity index (χ2n) is 7.77. The van der Waals surface area contributed by atoms with E-state index in [1.54, 1.807) is 0 Å². The van der Waals surface area contributed by atoms with E-state index in [-0.39, 0.29) is 11.8 Å². The van der Waals surface area contributed by atoms with Gasteiger partial charge in [0.15, 0.2) is 0 Å². The minimum absolute atomic E-state index is 0.0821. The Hall–Kier alpha value is -2.21. The maximum absolute atomic E-state index is 13.3. The highest BCUT2D eigenvalue weighted by Gasteiger charge is 2.37. The fourth-order valence-corrected chi connectivity index (χ4v) is 4.32. The Morgan fingerprint density at radius 3 is 2.69 bits per heavy atom. The molecule has 26 heavy (non-hydrogen) atoms. The van der Waals surface area contributed by atoms with Gasteiger partial charge in [-0.05, 0) is 31.2 Å². The van der Waals surface area contributed by atoms with E-state index in [0.717, 1.165) is 55.5 Å². The number of carbonyl (C=O) groups excluding carboxylic acids is 1. The quantitative estimate of drug-likeness (QED) is 0.863. The van der Waals surface area contributed by atoms with Crippen LogP contribution in [-0.4, -0.2) is 43.5 Å². The van der Waals surface area contributed by atoms with Gasteiger partial charge in [0.2, 0.25) is 5.91 Å². The molecule has 4 rings (SSSR count). The minimum Gasteiger partial charge on any atom is -0.388 e. The van der Waals surface area contributed by atoms with Gasteiger partial charge >= 0.3 is 0 Å². The molecule has 1 fully saturated rings. The van der Waals surface area contributed by atoms with E-state index >= 15 is 0 Å². The van der Waals surface area contributed by atoms with Crippen LogP contribution in [0.3, 0.4) is 0 Å². The van der Waals surface area contributed by atoms with Crippen LogP contribution in [0.4, 0.5) is 0 Å². The highest BCUT2D eigenvalue weighted by Crippen LogP contribution is 2.32. The summed E-state index contributed by atoms with van der Waals surface area (Å²) in [7, 11) is 0. The predicted octanol–water partition coefficient (Wildman–Crippen LogP) is 2.24. The fourth-order valence-electron chi connectivity index (χ4n) is 4.32. The first-order valence-electron chi connectivity index (χ1n) is 9.57. The van der Waals surface area contributed by atoms with Crippen molar-refractivity contribution < 1.29 is 9.90 Å². The molecule has 6 nitrogen and oxygen atoms in total. The van der Waals surface area contributed by atoms with Gasteiger partial charge in [-0.15, -0.1) is 0 Å². The molecule has 1 heterocycles. The van der Waals surface area contributed by atoms with E-state index in [2.05, 4.69) is 15.4 Å². The lowest BCUT2D eigenvalue weighted by molar-refractivity contribution is -0.140. The van der Waals surface area contributed by atoms with Crippen molar-refractivity contribution >= 4 is 5.91 Å². The molecule has 1 aromatic heterocycles. The van der Waals surface area contributed by atoms with E-state index in [0.29, 0.717) is 19.5 Å². The number of nitrogens with one attached hydrogen (secondary N) is 1. The SMILES string of the molecule is O=C(C1CCc2n[nH]nc2C1)N(Cc1ccccc1)CC1(O)CCCC1. The van der Waals surface area contributed by atoms with Gasteiger partial charge in [-0.1, -0.05) is 43.2 Å². The van der Waals surface area contributed by atoms with Gasteiger partial charge in [-0.25, -0.2) is 0 Å². The summed E-state index contributed by atoms with van der Waals surface area (Å²) in [5.41, 5.74) is 2.25. The van der Waals surface area contributed by atoms with Gasteiger partial charge in [-0.2, -0.15) is 15.4 Å². The summed E-state index contributed by atoms with van der Waals surface area (Å²) in [5.74, 6) is 0.0455. The zero-order chi connectivity index (χ0) is 18.0. The molecule has 0 bridgehead atoms. The number of rotatable bonds is 5. The van der Waals surface area contributed by atoms with Crippen LogP contribution in [0, 0.1) is 5.92 Å². The predicted molar refractivity (Wildman–Crippen MR) is 97.2 cm³/mol. The molecule has 0 spiro atoms. The van der Waals surface area contributed by atoms with Gasteiger partial charge in [0, 0.05) is 25.4 Å². The summed E-state index contributed by atoms with van der Waals surface area (Å²) in [5, 5.41) is 21.9. The molecule has 1 saturated carbocycles. The largest absolute Gasteiger partial charge is 0.388 e. The molecule has 0 radical (unpaired) electrons. The summed E-state index contributed by atoms with van der Waals surface area (Å²) in [6.07, 6.45) is 5.85. The van der Waals surface area contributed by atoms with Crippen LogP contribution in [0.5, 0.6) is 0 Å². The number of carbonyl (C=O) groups is 1. The van der Waals surface area contributed by atoms with E-state index in [1.807, 2.05) is 35.2 Å². The molecule has 1 unspecified atom stereocenters. The van der Waals surface area contributed by atoms with Crippen LogP contribution in [0.1, 0.15) is 49.1 Å². The lowest BCUT2D eigenvalue weighted by Gasteiger charge is -2.34. The molecule has 2 aliphatic carbocycles. The van der Waals surface area contributed by atoms with Crippen LogP contribution < -0.4 is 0 Å². The van der Waals surface area contributed by atoms with E-state index in [4.69, 9.17) is 0 Å².